The van der Waals surface area contributed by atoms with Crippen LogP contribution in [0.15, 0.2) is 42.9 Å². The fourth-order valence-corrected chi connectivity index (χ4v) is 2.94. The van der Waals surface area contributed by atoms with Gasteiger partial charge in [-0.2, -0.15) is 13.2 Å². The number of halogens is 3. The second kappa shape index (κ2) is 6.82. The number of benzene rings is 1. The average Bonchev–Trinajstić information content (AvgIpc) is 3.02. The van der Waals surface area contributed by atoms with Crippen molar-refractivity contribution < 1.29 is 13.2 Å². The molecule has 0 fully saturated rings. The molecule has 1 aromatic carbocycles. The molecule has 0 aliphatic carbocycles. The fourth-order valence-electron chi connectivity index (χ4n) is 2.94. The maximum Gasteiger partial charge on any atom is 0.416 e. The number of aryl methyl sites for hydroxylation is 2. The Labute approximate surface area is 149 Å². The van der Waals surface area contributed by atoms with Crippen LogP contribution in [-0.4, -0.2) is 21.6 Å². The van der Waals surface area contributed by atoms with Crippen molar-refractivity contribution in [1.82, 2.24) is 14.5 Å². The lowest BCUT2D eigenvalue weighted by Gasteiger charge is -2.13. The van der Waals surface area contributed by atoms with E-state index in [1.807, 2.05) is 17.7 Å². The minimum atomic E-state index is -4.37. The molecule has 0 aliphatic heterocycles. The predicted molar refractivity (Wildman–Crippen MR) is 95.8 cm³/mol. The zero-order valence-electron chi connectivity index (χ0n) is 14.7. The standard InChI is InChI=1S/C19H19F3N4/c1-4-12-5-6-13(7-15(12)19(20,21)22)14-8-17(26(3)10-14)16-9-18(23-2)25-11-24-16/h5-11H,4H2,1-3H3,(H,23,24,25). The molecule has 0 atom stereocenters. The van der Waals surface area contributed by atoms with Gasteiger partial charge in [0.05, 0.1) is 17.0 Å². The van der Waals surface area contributed by atoms with Gasteiger partial charge in [0.25, 0.3) is 0 Å². The van der Waals surface area contributed by atoms with E-state index in [-0.39, 0.29) is 0 Å². The van der Waals surface area contributed by atoms with Crippen LogP contribution in [0.4, 0.5) is 19.0 Å². The van der Waals surface area contributed by atoms with Crippen LogP contribution in [0.3, 0.4) is 0 Å². The van der Waals surface area contributed by atoms with Gasteiger partial charge < -0.3 is 9.88 Å². The highest BCUT2D eigenvalue weighted by Crippen LogP contribution is 2.36. The van der Waals surface area contributed by atoms with Crippen molar-refractivity contribution in [2.75, 3.05) is 12.4 Å². The molecule has 3 aromatic rings. The number of anilines is 1. The summed E-state index contributed by atoms with van der Waals surface area (Å²) in [6.45, 7) is 1.72. The zero-order chi connectivity index (χ0) is 18.9. The minimum Gasteiger partial charge on any atom is -0.373 e. The van der Waals surface area contributed by atoms with E-state index < -0.39 is 11.7 Å². The van der Waals surface area contributed by atoms with Gasteiger partial charge in [0.1, 0.15) is 12.1 Å². The fraction of sp³-hybridized carbons (Fsp3) is 0.263. The number of rotatable bonds is 4. The van der Waals surface area contributed by atoms with Crippen molar-refractivity contribution in [3.8, 4) is 22.5 Å². The first-order chi connectivity index (χ1) is 12.3. The summed E-state index contributed by atoms with van der Waals surface area (Å²) in [5, 5.41) is 2.95. The number of alkyl halides is 3. The molecular formula is C19H19F3N4. The largest absolute Gasteiger partial charge is 0.416 e. The molecule has 0 spiro atoms. The topological polar surface area (TPSA) is 42.7 Å². The first-order valence-electron chi connectivity index (χ1n) is 8.20. The monoisotopic (exact) mass is 360 g/mol. The van der Waals surface area contributed by atoms with Crippen molar-refractivity contribution in [3.05, 3.63) is 54.0 Å². The molecule has 2 heterocycles. The Balaban J connectivity index is 2.06. The molecule has 0 radical (unpaired) electrons. The Morgan fingerprint density at radius 1 is 1.08 bits per heavy atom. The smallest absolute Gasteiger partial charge is 0.373 e. The van der Waals surface area contributed by atoms with E-state index in [1.165, 1.54) is 12.4 Å². The van der Waals surface area contributed by atoms with Gasteiger partial charge in [-0.25, -0.2) is 9.97 Å². The lowest BCUT2D eigenvalue weighted by Crippen LogP contribution is -2.08. The average molecular weight is 360 g/mol. The molecule has 3 rings (SSSR count). The van der Waals surface area contributed by atoms with E-state index in [2.05, 4.69) is 15.3 Å². The molecule has 2 aromatic heterocycles. The number of nitrogens with one attached hydrogen (secondary N) is 1. The molecule has 0 saturated carbocycles. The highest BCUT2D eigenvalue weighted by molar-refractivity contribution is 5.72. The Morgan fingerprint density at radius 2 is 1.85 bits per heavy atom. The highest BCUT2D eigenvalue weighted by atomic mass is 19.4. The molecule has 0 saturated heterocycles. The Hall–Kier alpha value is -2.83. The molecule has 4 nitrogen and oxygen atoms in total. The van der Waals surface area contributed by atoms with Crippen molar-refractivity contribution in [3.63, 3.8) is 0 Å². The molecular weight excluding hydrogens is 341 g/mol. The van der Waals surface area contributed by atoms with Crippen LogP contribution in [0, 0.1) is 0 Å². The van der Waals surface area contributed by atoms with Crippen LogP contribution < -0.4 is 5.32 Å². The van der Waals surface area contributed by atoms with Crippen molar-refractivity contribution in [2.24, 2.45) is 7.05 Å². The summed E-state index contributed by atoms with van der Waals surface area (Å²) in [4.78, 5) is 8.34. The van der Waals surface area contributed by atoms with Crippen LogP contribution in [0.25, 0.3) is 22.5 Å². The summed E-state index contributed by atoms with van der Waals surface area (Å²) in [6.07, 6.45) is -0.778. The van der Waals surface area contributed by atoms with E-state index in [1.54, 1.807) is 38.4 Å². The molecule has 0 amide bonds. The van der Waals surface area contributed by atoms with Gasteiger partial charge in [-0.05, 0) is 29.7 Å². The zero-order valence-corrected chi connectivity index (χ0v) is 14.7. The number of hydrogen-bond donors (Lipinski definition) is 1. The summed E-state index contributed by atoms with van der Waals surface area (Å²) in [5.74, 6) is 0.671. The van der Waals surface area contributed by atoms with Gasteiger partial charge in [0.2, 0.25) is 0 Å². The van der Waals surface area contributed by atoms with Crippen LogP contribution >= 0.6 is 0 Å². The SMILES string of the molecule is CCc1ccc(-c2cc(-c3cc(NC)ncn3)n(C)c2)cc1C(F)(F)F. The van der Waals surface area contributed by atoms with E-state index in [9.17, 15) is 13.2 Å². The minimum absolute atomic E-state index is 0.298. The van der Waals surface area contributed by atoms with Crippen LogP contribution in [0.1, 0.15) is 18.1 Å². The number of aromatic nitrogens is 3. The predicted octanol–water partition coefficient (Wildman–Crippen LogP) is 4.77. The maximum atomic E-state index is 13.3. The van der Waals surface area contributed by atoms with E-state index >= 15 is 0 Å². The third-order valence-electron chi connectivity index (χ3n) is 4.32. The third kappa shape index (κ3) is 3.42. The quantitative estimate of drug-likeness (QED) is 0.729. The van der Waals surface area contributed by atoms with Gasteiger partial charge in [0.15, 0.2) is 0 Å². The van der Waals surface area contributed by atoms with Gasteiger partial charge >= 0.3 is 6.18 Å². The normalized spacial score (nSPS) is 11.6. The van der Waals surface area contributed by atoms with Crippen molar-refractivity contribution >= 4 is 5.82 Å². The summed E-state index contributed by atoms with van der Waals surface area (Å²) in [7, 11) is 3.60. The summed E-state index contributed by atoms with van der Waals surface area (Å²) >= 11 is 0. The van der Waals surface area contributed by atoms with Crippen LogP contribution in [-0.2, 0) is 19.6 Å². The molecule has 0 bridgehead atoms. The lowest BCUT2D eigenvalue weighted by molar-refractivity contribution is -0.138. The van der Waals surface area contributed by atoms with Crippen LogP contribution in [0.2, 0.25) is 0 Å². The Morgan fingerprint density at radius 3 is 2.50 bits per heavy atom. The second-order valence-electron chi connectivity index (χ2n) is 5.99. The summed E-state index contributed by atoms with van der Waals surface area (Å²) in [6, 6.07) is 8.13. The van der Waals surface area contributed by atoms with Gasteiger partial charge in [-0.1, -0.05) is 19.1 Å². The number of hydrogen-bond acceptors (Lipinski definition) is 3. The summed E-state index contributed by atoms with van der Waals surface area (Å²) < 4.78 is 41.8. The maximum absolute atomic E-state index is 13.3. The van der Waals surface area contributed by atoms with Gasteiger partial charge in [-0.15, -0.1) is 0 Å². The van der Waals surface area contributed by atoms with E-state index in [0.29, 0.717) is 34.6 Å². The van der Waals surface area contributed by atoms with Crippen molar-refractivity contribution in [1.29, 1.82) is 0 Å². The number of nitrogens with zero attached hydrogens (tertiary/aromatic N) is 3. The van der Waals surface area contributed by atoms with Crippen LogP contribution in [0.5, 0.6) is 0 Å². The molecule has 7 heteroatoms. The lowest BCUT2D eigenvalue weighted by atomic mass is 9.98. The van der Waals surface area contributed by atoms with Gasteiger partial charge in [0, 0.05) is 31.9 Å². The molecule has 26 heavy (non-hydrogen) atoms. The van der Waals surface area contributed by atoms with Gasteiger partial charge in [-0.3, -0.25) is 0 Å². The molecule has 0 unspecified atom stereocenters. The summed E-state index contributed by atoms with van der Waals surface area (Å²) in [5.41, 5.74) is 2.44. The molecule has 1 N–H and O–H groups in total. The first-order valence-corrected chi connectivity index (χ1v) is 8.20. The highest BCUT2D eigenvalue weighted by Gasteiger charge is 2.33. The molecule has 0 aliphatic rings. The van der Waals surface area contributed by atoms with Crippen molar-refractivity contribution in [2.45, 2.75) is 19.5 Å². The van der Waals surface area contributed by atoms with E-state index in [4.69, 9.17) is 0 Å². The Kier molecular flexibility index (Phi) is 4.71. The second-order valence-corrected chi connectivity index (χ2v) is 5.99. The first kappa shape index (κ1) is 18.0. The third-order valence-corrected chi connectivity index (χ3v) is 4.32. The molecule has 136 valence electrons. The van der Waals surface area contributed by atoms with E-state index in [0.717, 1.165) is 5.69 Å². The Bertz CT molecular complexity index is 929.